The molecule has 0 bridgehead atoms. The Morgan fingerprint density at radius 3 is 2.00 bits per heavy atom. The van der Waals surface area contributed by atoms with Crippen LogP contribution in [0.4, 0.5) is 10.3 Å². The molecule has 1 heterocycles. The zero-order valence-corrected chi connectivity index (χ0v) is 20.1. The number of anilines is 1. The average Bonchev–Trinajstić information content (AvgIpc) is 3.27. The second kappa shape index (κ2) is 12.4. The zero-order chi connectivity index (χ0) is 26.9. The van der Waals surface area contributed by atoms with Gasteiger partial charge < -0.3 is 30.6 Å². The van der Waals surface area contributed by atoms with Crippen molar-refractivity contribution < 1.29 is 39.2 Å². The summed E-state index contributed by atoms with van der Waals surface area (Å²) in [4.78, 5) is 41.0. The summed E-state index contributed by atoms with van der Waals surface area (Å²) in [5.41, 5.74) is -1.22. The highest BCUT2D eigenvalue weighted by molar-refractivity contribution is 5.88. The fourth-order valence-corrected chi connectivity index (χ4v) is 4.02. The van der Waals surface area contributed by atoms with E-state index >= 15 is 0 Å². The van der Waals surface area contributed by atoms with Crippen LogP contribution in [0.1, 0.15) is 49.7 Å². The first kappa shape index (κ1) is 28.6. The van der Waals surface area contributed by atoms with Gasteiger partial charge in [-0.25, -0.2) is 19.2 Å². The van der Waals surface area contributed by atoms with Crippen LogP contribution in [0.3, 0.4) is 0 Å². The van der Waals surface area contributed by atoms with Gasteiger partial charge in [-0.1, -0.05) is 31.0 Å². The van der Waals surface area contributed by atoms with Crippen molar-refractivity contribution in [2.75, 3.05) is 19.0 Å². The van der Waals surface area contributed by atoms with Gasteiger partial charge >= 0.3 is 17.9 Å². The van der Waals surface area contributed by atoms with Crippen LogP contribution in [0.2, 0.25) is 0 Å². The van der Waals surface area contributed by atoms with Gasteiger partial charge in [0.15, 0.2) is 5.60 Å². The molecule has 0 spiro atoms. The van der Waals surface area contributed by atoms with E-state index in [4.69, 9.17) is 20.4 Å². The Morgan fingerprint density at radius 2 is 1.56 bits per heavy atom. The third kappa shape index (κ3) is 7.68. The van der Waals surface area contributed by atoms with Crippen LogP contribution in [0.5, 0.6) is 0 Å². The molecule has 1 aromatic carbocycles. The van der Waals surface area contributed by atoms with Gasteiger partial charge in [0.1, 0.15) is 5.82 Å². The predicted octanol–water partition coefficient (Wildman–Crippen LogP) is 1.99. The van der Waals surface area contributed by atoms with E-state index in [1.54, 1.807) is 12.1 Å². The van der Waals surface area contributed by atoms with Crippen molar-refractivity contribution in [2.45, 2.75) is 56.2 Å². The lowest BCUT2D eigenvalue weighted by Gasteiger charge is -2.31. The van der Waals surface area contributed by atoms with Gasteiger partial charge in [-0.3, -0.25) is 9.59 Å². The first-order valence-corrected chi connectivity index (χ1v) is 11.3. The van der Waals surface area contributed by atoms with Crippen molar-refractivity contribution in [1.29, 1.82) is 0 Å². The molecule has 2 aromatic rings. The van der Waals surface area contributed by atoms with Crippen LogP contribution in [-0.2, 0) is 26.5 Å². The largest absolute Gasteiger partial charge is 0.481 e. The molecular weight excluding hydrogens is 475 g/mol. The van der Waals surface area contributed by atoms with Crippen LogP contribution < -0.4 is 10.2 Å². The topological polar surface area (TPSA) is 173 Å². The van der Waals surface area contributed by atoms with Crippen LogP contribution in [0.15, 0.2) is 36.7 Å². The maximum atomic E-state index is 14.3. The zero-order valence-electron chi connectivity index (χ0n) is 20.1. The molecule has 36 heavy (non-hydrogen) atoms. The molecule has 196 valence electrons. The average molecular weight is 507 g/mol. The van der Waals surface area contributed by atoms with Gasteiger partial charge in [-0.2, -0.15) is 0 Å². The van der Waals surface area contributed by atoms with Crippen LogP contribution in [0, 0.1) is 5.82 Å². The third-order valence-electron chi connectivity index (χ3n) is 5.85. The summed E-state index contributed by atoms with van der Waals surface area (Å²) in [5, 5.41) is 37.4. The molecule has 1 aliphatic carbocycles. The van der Waals surface area contributed by atoms with Gasteiger partial charge in [-0.05, 0) is 18.9 Å². The SMILES string of the molecule is CN(C)c1ncc(CNC2(c3ccccc3F)CCCC2)cn1.O=C(O)CC(O)(CC(=O)O)C(=O)O. The smallest absolute Gasteiger partial charge is 0.336 e. The fraction of sp³-hybridized carbons (Fsp3) is 0.458. The second-order valence-electron chi connectivity index (χ2n) is 8.89. The molecule has 0 atom stereocenters. The standard InChI is InChI=1S/C18H23FN4.C6H8O7/c1-23(2)17-20-11-14(12-21-17)13-22-18(9-5-6-10-18)15-7-3-4-8-16(15)19;7-3(8)1-6(13,5(11)12)2-4(9)10/h3-4,7-8,11-12,22H,5-6,9-10,13H2,1-2H3;13H,1-2H2,(H,7,8)(H,9,10)(H,11,12). The Hall–Kier alpha value is -3.64. The number of carboxylic acid groups (broad SMARTS) is 3. The summed E-state index contributed by atoms with van der Waals surface area (Å²) in [5.74, 6) is -4.45. The van der Waals surface area contributed by atoms with Gasteiger partial charge in [0.2, 0.25) is 5.95 Å². The number of rotatable bonds is 10. The summed E-state index contributed by atoms with van der Waals surface area (Å²) in [6.45, 7) is 0.641. The molecule has 0 radical (unpaired) electrons. The lowest BCUT2D eigenvalue weighted by Crippen LogP contribution is -2.42. The Morgan fingerprint density at radius 1 is 1.03 bits per heavy atom. The van der Waals surface area contributed by atoms with E-state index in [1.807, 2.05) is 43.5 Å². The number of benzene rings is 1. The number of hydrogen-bond acceptors (Lipinski definition) is 8. The minimum atomic E-state index is -2.74. The van der Waals surface area contributed by atoms with Crippen molar-refractivity contribution in [3.8, 4) is 0 Å². The number of hydrogen-bond donors (Lipinski definition) is 5. The number of aromatic nitrogens is 2. The minimum Gasteiger partial charge on any atom is -0.481 e. The van der Waals surface area contributed by atoms with Gasteiger partial charge in [-0.15, -0.1) is 0 Å². The highest BCUT2D eigenvalue weighted by Crippen LogP contribution is 2.40. The summed E-state index contributed by atoms with van der Waals surface area (Å²) in [6, 6.07) is 7.11. The summed E-state index contributed by atoms with van der Waals surface area (Å²) in [6.07, 6.45) is 5.55. The maximum absolute atomic E-state index is 14.3. The van der Waals surface area contributed by atoms with Crippen molar-refractivity contribution in [1.82, 2.24) is 15.3 Å². The number of aliphatic hydroxyl groups is 1. The molecule has 0 saturated heterocycles. The Bertz CT molecular complexity index is 1040. The van der Waals surface area contributed by atoms with Crippen LogP contribution >= 0.6 is 0 Å². The number of nitrogens with one attached hydrogen (secondary N) is 1. The molecule has 1 aromatic heterocycles. The molecule has 1 saturated carbocycles. The number of nitrogens with zero attached hydrogens (tertiary/aromatic N) is 3. The van der Waals surface area contributed by atoms with E-state index in [-0.39, 0.29) is 11.4 Å². The van der Waals surface area contributed by atoms with Crippen molar-refractivity contribution in [3.63, 3.8) is 0 Å². The normalized spacial score (nSPS) is 14.4. The molecule has 0 amide bonds. The number of carboxylic acids is 3. The van der Waals surface area contributed by atoms with E-state index < -0.39 is 36.4 Å². The van der Waals surface area contributed by atoms with Crippen molar-refractivity contribution >= 4 is 23.9 Å². The van der Waals surface area contributed by atoms with E-state index in [2.05, 4.69) is 15.3 Å². The molecule has 5 N–H and O–H groups in total. The Kier molecular flexibility index (Phi) is 9.82. The molecular formula is C24H31FN4O7. The quantitative estimate of drug-likeness (QED) is 0.319. The van der Waals surface area contributed by atoms with Crippen molar-refractivity contribution in [3.05, 3.63) is 53.6 Å². The van der Waals surface area contributed by atoms with Gasteiger partial charge in [0, 0.05) is 49.7 Å². The number of aliphatic carboxylic acids is 3. The monoisotopic (exact) mass is 506 g/mol. The minimum absolute atomic E-state index is 0.124. The fourth-order valence-electron chi connectivity index (χ4n) is 4.02. The molecule has 11 nitrogen and oxygen atoms in total. The summed E-state index contributed by atoms with van der Waals surface area (Å²) < 4.78 is 14.3. The molecule has 0 aliphatic heterocycles. The molecule has 3 rings (SSSR count). The van der Waals surface area contributed by atoms with Crippen LogP contribution in [-0.4, -0.2) is 68.0 Å². The first-order chi connectivity index (χ1) is 16.9. The highest BCUT2D eigenvalue weighted by atomic mass is 19.1. The third-order valence-corrected chi connectivity index (χ3v) is 5.85. The van der Waals surface area contributed by atoms with Gasteiger partial charge in [0.05, 0.1) is 12.8 Å². The number of halogens is 1. The predicted molar refractivity (Wildman–Crippen MR) is 127 cm³/mol. The van der Waals surface area contributed by atoms with E-state index in [9.17, 15) is 18.8 Å². The Balaban J connectivity index is 0.000000302. The number of carbonyl (C=O) groups is 3. The molecule has 0 unspecified atom stereocenters. The maximum Gasteiger partial charge on any atom is 0.336 e. The van der Waals surface area contributed by atoms with Crippen molar-refractivity contribution in [2.24, 2.45) is 0 Å². The lowest BCUT2D eigenvalue weighted by molar-refractivity contribution is -0.170. The lowest BCUT2D eigenvalue weighted by atomic mass is 9.87. The van der Waals surface area contributed by atoms with E-state index in [1.165, 1.54) is 0 Å². The summed E-state index contributed by atoms with van der Waals surface area (Å²) in [7, 11) is 3.83. The molecule has 1 fully saturated rings. The van der Waals surface area contributed by atoms with Gasteiger partial charge in [0.25, 0.3) is 0 Å². The molecule has 1 aliphatic rings. The second-order valence-corrected chi connectivity index (χ2v) is 8.89. The molecule has 12 heteroatoms. The summed E-state index contributed by atoms with van der Waals surface area (Å²) >= 11 is 0. The first-order valence-electron chi connectivity index (χ1n) is 11.3. The highest BCUT2D eigenvalue weighted by Gasteiger charge is 2.41. The Labute approximate surface area is 207 Å². The van der Waals surface area contributed by atoms with E-state index in [0.717, 1.165) is 36.8 Å². The van der Waals surface area contributed by atoms with Crippen LogP contribution in [0.25, 0.3) is 0 Å². The van der Waals surface area contributed by atoms with E-state index in [0.29, 0.717) is 12.5 Å².